The molecular weight excluding hydrogens is 288 g/mol. The van der Waals surface area contributed by atoms with E-state index < -0.39 is 0 Å². The number of nitrogens with zero attached hydrogens (tertiary/aromatic N) is 4. The summed E-state index contributed by atoms with van der Waals surface area (Å²) >= 11 is 0. The highest BCUT2D eigenvalue weighted by Crippen LogP contribution is 2.30. The van der Waals surface area contributed by atoms with Gasteiger partial charge in [-0.25, -0.2) is 9.97 Å². The number of nitrogen functional groups attached to an aromatic ring is 1. The molecule has 2 aromatic rings. The molecule has 1 fully saturated rings. The summed E-state index contributed by atoms with van der Waals surface area (Å²) in [5, 5.41) is 3.36. The summed E-state index contributed by atoms with van der Waals surface area (Å²) in [6.07, 6.45) is 1.58. The first-order valence-electron chi connectivity index (χ1n) is 7.93. The number of hydrogen-bond donors (Lipinski definition) is 2. The molecule has 0 bridgehead atoms. The number of aromatic nitrogens is 2. The van der Waals surface area contributed by atoms with Crippen LogP contribution in [0.4, 0.5) is 23.0 Å². The molecule has 0 amide bonds. The van der Waals surface area contributed by atoms with Crippen molar-refractivity contribution in [1.29, 1.82) is 0 Å². The van der Waals surface area contributed by atoms with E-state index >= 15 is 0 Å². The van der Waals surface area contributed by atoms with Crippen LogP contribution in [-0.4, -0.2) is 48.1 Å². The number of benzene rings is 1. The van der Waals surface area contributed by atoms with E-state index in [1.807, 2.05) is 12.1 Å². The molecule has 122 valence electrons. The molecule has 23 heavy (non-hydrogen) atoms. The Morgan fingerprint density at radius 3 is 2.57 bits per heavy atom. The van der Waals surface area contributed by atoms with E-state index in [0.29, 0.717) is 11.5 Å². The van der Waals surface area contributed by atoms with Crippen molar-refractivity contribution in [2.45, 2.75) is 13.8 Å². The average Bonchev–Trinajstić information content (AvgIpc) is 2.55. The quantitative estimate of drug-likeness (QED) is 0.905. The molecule has 1 aromatic carbocycles. The van der Waals surface area contributed by atoms with Gasteiger partial charge in [-0.2, -0.15) is 0 Å². The third-order valence-electron chi connectivity index (χ3n) is 4.52. The summed E-state index contributed by atoms with van der Waals surface area (Å²) in [6.45, 7) is 8.09. The summed E-state index contributed by atoms with van der Waals surface area (Å²) in [6, 6.07) is 6.17. The van der Waals surface area contributed by atoms with Crippen molar-refractivity contribution >= 4 is 23.0 Å². The van der Waals surface area contributed by atoms with Crippen molar-refractivity contribution in [2.75, 3.05) is 49.2 Å². The lowest BCUT2D eigenvalue weighted by atomic mass is 10.1. The Morgan fingerprint density at radius 2 is 1.83 bits per heavy atom. The molecule has 2 heterocycles. The highest BCUT2D eigenvalue weighted by molar-refractivity contribution is 5.79. The minimum absolute atomic E-state index is 0.609. The number of piperazine rings is 1. The van der Waals surface area contributed by atoms with Gasteiger partial charge in [0.25, 0.3) is 0 Å². The van der Waals surface area contributed by atoms with Crippen molar-refractivity contribution in [3.8, 4) is 0 Å². The Morgan fingerprint density at radius 1 is 1.09 bits per heavy atom. The lowest BCUT2D eigenvalue weighted by Gasteiger charge is -2.33. The maximum Gasteiger partial charge on any atom is 0.159 e. The number of nitrogens with one attached hydrogen (secondary N) is 1. The van der Waals surface area contributed by atoms with Crippen LogP contribution in [0.3, 0.4) is 0 Å². The van der Waals surface area contributed by atoms with E-state index in [1.54, 1.807) is 6.33 Å². The van der Waals surface area contributed by atoms with Gasteiger partial charge >= 0.3 is 0 Å². The van der Waals surface area contributed by atoms with Gasteiger partial charge in [-0.15, -0.1) is 0 Å². The van der Waals surface area contributed by atoms with Crippen LogP contribution in [0, 0.1) is 13.8 Å². The predicted molar refractivity (Wildman–Crippen MR) is 95.4 cm³/mol. The minimum atomic E-state index is 0.609. The van der Waals surface area contributed by atoms with E-state index in [-0.39, 0.29) is 0 Å². The molecule has 0 spiro atoms. The van der Waals surface area contributed by atoms with E-state index in [2.05, 4.69) is 52.0 Å². The highest BCUT2D eigenvalue weighted by Gasteiger charge is 2.19. The monoisotopic (exact) mass is 312 g/mol. The van der Waals surface area contributed by atoms with Crippen LogP contribution < -0.4 is 16.0 Å². The zero-order valence-electron chi connectivity index (χ0n) is 14.0. The molecule has 0 aliphatic carbocycles. The summed E-state index contributed by atoms with van der Waals surface area (Å²) in [7, 11) is 2.13. The largest absolute Gasteiger partial charge is 0.393 e. The van der Waals surface area contributed by atoms with Gasteiger partial charge in [0.05, 0.1) is 0 Å². The number of hydrogen-bond acceptors (Lipinski definition) is 6. The fourth-order valence-corrected chi connectivity index (χ4v) is 2.77. The number of nitrogens with two attached hydrogens (primary N) is 1. The number of anilines is 4. The van der Waals surface area contributed by atoms with E-state index in [0.717, 1.165) is 37.7 Å². The van der Waals surface area contributed by atoms with E-state index in [4.69, 9.17) is 5.73 Å². The lowest BCUT2D eigenvalue weighted by Crippen LogP contribution is -2.45. The van der Waals surface area contributed by atoms with Gasteiger partial charge in [0.15, 0.2) is 11.6 Å². The molecule has 0 unspecified atom stereocenters. The first-order valence-corrected chi connectivity index (χ1v) is 7.93. The smallest absolute Gasteiger partial charge is 0.159 e. The molecule has 3 rings (SSSR count). The van der Waals surface area contributed by atoms with Crippen LogP contribution in [-0.2, 0) is 0 Å². The zero-order chi connectivity index (χ0) is 16.4. The fourth-order valence-electron chi connectivity index (χ4n) is 2.77. The maximum absolute atomic E-state index is 6.34. The minimum Gasteiger partial charge on any atom is -0.393 e. The van der Waals surface area contributed by atoms with Gasteiger partial charge in [-0.1, -0.05) is 12.1 Å². The van der Waals surface area contributed by atoms with Crippen LogP contribution in [0.1, 0.15) is 11.1 Å². The van der Waals surface area contributed by atoms with Crippen LogP contribution >= 0.6 is 0 Å². The topological polar surface area (TPSA) is 70.3 Å². The molecule has 3 N–H and O–H groups in total. The van der Waals surface area contributed by atoms with Crippen LogP contribution in [0.2, 0.25) is 0 Å². The average molecular weight is 312 g/mol. The third-order valence-corrected chi connectivity index (χ3v) is 4.52. The second kappa shape index (κ2) is 6.42. The Balaban J connectivity index is 1.86. The van der Waals surface area contributed by atoms with Crippen LogP contribution in [0.15, 0.2) is 24.5 Å². The molecule has 0 saturated carbocycles. The third kappa shape index (κ3) is 3.22. The molecule has 1 aromatic heterocycles. The van der Waals surface area contributed by atoms with Gasteiger partial charge in [-0.05, 0) is 38.1 Å². The van der Waals surface area contributed by atoms with Crippen molar-refractivity contribution in [2.24, 2.45) is 0 Å². The summed E-state index contributed by atoms with van der Waals surface area (Å²) < 4.78 is 0. The van der Waals surface area contributed by atoms with E-state index in [1.165, 1.54) is 11.1 Å². The van der Waals surface area contributed by atoms with Crippen molar-refractivity contribution in [3.63, 3.8) is 0 Å². The lowest BCUT2D eigenvalue weighted by molar-refractivity contribution is 0.312. The molecular formula is C17H24N6. The molecule has 1 saturated heterocycles. The molecule has 0 radical (unpaired) electrons. The molecule has 1 aliphatic rings. The highest BCUT2D eigenvalue weighted by atomic mass is 15.3. The number of likely N-dealkylation sites (N-methyl/N-ethyl adjacent to an activating group) is 1. The molecule has 6 heteroatoms. The Hall–Kier alpha value is -2.34. The second-order valence-electron chi connectivity index (χ2n) is 6.12. The standard InChI is InChI=1S/C17H24N6/c1-12-5-4-6-14(13(12)2)21-16-15(18)17(20-11-19-16)23-9-7-22(3)8-10-23/h4-6,11H,7-10,18H2,1-3H3,(H,19,20,21). The van der Waals surface area contributed by atoms with Crippen LogP contribution in [0.25, 0.3) is 0 Å². The Labute approximate surface area is 137 Å². The normalized spacial score (nSPS) is 15.7. The molecule has 6 nitrogen and oxygen atoms in total. The molecule has 0 atom stereocenters. The SMILES string of the molecule is Cc1cccc(Nc2ncnc(N3CCN(C)CC3)c2N)c1C. The second-order valence-corrected chi connectivity index (χ2v) is 6.12. The van der Waals surface area contributed by atoms with Gasteiger partial charge in [0.2, 0.25) is 0 Å². The zero-order valence-corrected chi connectivity index (χ0v) is 14.0. The van der Waals surface area contributed by atoms with Crippen LogP contribution in [0.5, 0.6) is 0 Å². The Bertz CT molecular complexity index is 691. The van der Waals surface area contributed by atoms with Gasteiger partial charge in [-0.3, -0.25) is 0 Å². The summed E-state index contributed by atoms with van der Waals surface area (Å²) in [4.78, 5) is 13.3. The van der Waals surface area contributed by atoms with Gasteiger partial charge in [0, 0.05) is 31.9 Å². The summed E-state index contributed by atoms with van der Waals surface area (Å²) in [5.41, 5.74) is 10.4. The van der Waals surface area contributed by atoms with E-state index in [9.17, 15) is 0 Å². The predicted octanol–water partition coefficient (Wildman–Crippen LogP) is 2.17. The van der Waals surface area contributed by atoms with Crippen molar-refractivity contribution in [1.82, 2.24) is 14.9 Å². The first-order chi connectivity index (χ1) is 11.1. The summed E-state index contributed by atoms with van der Waals surface area (Å²) in [5.74, 6) is 1.49. The fraction of sp³-hybridized carbons (Fsp3) is 0.412. The Kier molecular flexibility index (Phi) is 4.34. The van der Waals surface area contributed by atoms with Gasteiger partial charge < -0.3 is 20.9 Å². The number of rotatable bonds is 3. The van der Waals surface area contributed by atoms with Gasteiger partial charge in [0.1, 0.15) is 12.0 Å². The number of aryl methyl sites for hydroxylation is 1. The maximum atomic E-state index is 6.34. The molecule has 1 aliphatic heterocycles. The van der Waals surface area contributed by atoms with Crippen molar-refractivity contribution < 1.29 is 0 Å². The first kappa shape index (κ1) is 15.6. The van der Waals surface area contributed by atoms with Crippen molar-refractivity contribution in [3.05, 3.63) is 35.7 Å².